The molecule has 1 rings (SSSR count). The fourth-order valence-corrected chi connectivity index (χ4v) is 0.667. The molecule has 0 aliphatic carbocycles. The Balaban J connectivity index is 2.31. The van der Waals surface area contributed by atoms with Crippen LogP contribution in [0.15, 0.2) is 0 Å². The van der Waals surface area contributed by atoms with Crippen LogP contribution in [0.2, 0.25) is 0 Å². The van der Waals surface area contributed by atoms with Crippen molar-refractivity contribution in [1.82, 2.24) is 0 Å². The van der Waals surface area contributed by atoms with Crippen LogP contribution < -0.4 is 5.73 Å². The zero-order valence-corrected chi connectivity index (χ0v) is 5.09. The van der Waals surface area contributed by atoms with Gasteiger partial charge in [-0.05, 0) is 0 Å². The minimum Gasteiger partial charge on any atom is -0.387 e. The standard InChI is InChI=1S/C5H10N2O2/c6-5(7)4-1-8-3-9-2-4/h4H,1-3H2,(H3,6,7). The highest BCUT2D eigenvalue weighted by molar-refractivity contribution is 5.79. The molecule has 0 amide bonds. The molecule has 1 aliphatic heterocycles. The summed E-state index contributed by atoms with van der Waals surface area (Å²) in [6.07, 6.45) is 0. The molecule has 3 N–H and O–H groups in total. The van der Waals surface area contributed by atoms with Gasteiger partial charge in [0.25, 0.3) is 0 Å². The first-order valence-electron chi connectivity index (χ1n) is 2.80. The fourth-order valence-electron chi connectivity index (χ4n) is 0.667. The van der Waals surface area contributed by atoms with Gasteiger partial charge in [0.05, 0.1) is 25.0 Å². The summed E-state index contributed by atoms with van der Waals surface area (Å²) in [5.74, 6) is 0.119. The Morgan fingerprint density at radius 1 is 1.44 bits per heavy atom. The Morgan fingerprint density at radius 2 is 2.00 bits per heavy atom. The predicted octanol–water partition coefficient (Wildman–Crippen LogP) is -0.457. The van der Waals surface area contributed by atoms with Gasteiger partial charge in [-0.2, -0.15) is 0 Å². The van der Waals surface area contributed by atoms with Gasteiger partial charge < -0.3 is 15.2 Å². The van der Waals surface area contributed by atoms with Gasteiger partial charge in [0.15, 0.2) is 0 Å². The Bertz CT molecular complexity index is 110. The molecule has 0 bridgehead atoms. The molecule has 0 spiro atoms. The molecule has 1 fully saturated rings. The van der Waals surface area contributed by atoms with E-state index in [1.807, 2.05) is 0 Å². The first kappa shape index (κ1) is 6.51. The molecule has 0 saturated carbocycles. The van der Waals surface area contributed by atoms with Gasteiger partial charge in [-0.1, -0.05) is 0 Å². The van der Waals surface area contributed by atoms with Gasteiger partial charge in [0.1, 0.15) is 6.79 Å². The van der Waals surface area contributed by atoms with Crippen LogP contribution in [0.5, 0.6) is 0 Å². The minimum absolute atomic E-state index is 0.0289. The van der Waals surface area contributed by atoms with E-state index in [-0.39, 0.29) is 11.8 Å². The average molecular weight is 130 g/mol. The molecule has 0 aromatic heterocycles. The van der Waals surface area contributed by atoms with Crippen molar-refractivity contribution in [2.75, 3.05) is 20.0 Å². The van der Waals surface area contributed by atoms with Crippen LogP contribution in [0.4, 0.5) is 0 Å². The minimum atomic E-state index is -0.0289. The van der Waals surface area contributed by atoms with E-state index in [1.165, 1.54) is 0 Å². The largest absolute Gasteiger partial charge is 0.387 e. The van der Waals surface area contributed by atoms with Crippen LogP contribution >= 0.6 is 0 Å². The number of nitrogens with one attached hydrogen (secondary N) is 1. The lowest BCUT2D eigenvalue weighted by atomic mass is 10.1. The van der Waals surface area contributed by atoms with Crippen molar-refractivity contribution in [3.63, 3.8) is 0 Å². The van der Waals surface area contributed by atoms with Crippen LogP contribution in [0.3, 0.4) is 0 Å². The maximum Gasteiger partial charge on any atom is 0.146 e. The van der Waals surface area contributed by atoms with E-state index in [0.29, 0.717) is 20.0 Å². The molecule has 0 aromatic carbocycles. The third-order valence-electron chi connectivity index (χ3n) is 1.24. The van der Waals surface area contributed by atoms with Gasteiger partial charge >= 0.3 is 0 Å². The van der Waals surface area contributed by atoms with Crippen LogP contribution in [-0.4, -0.2) is 25.8 Å². The van der Waals surface area contributed by atoms with Crippen molar-refractivity contribution in [3.8, 4) is 0 Å². The molecule has 1 heterocycles. The van der Waals surface area contributed by atoms with Gasteiger partial charge in [0, 0.05) is 0 Å². The topological polar surface area (TPSA) is 68.3 Å². The van der Waals surface area contributed by atoms with Gasteiger partial charge in [-0.3, -0.25) is 5.41 Å². The first-order chi connectivity index (χ1) is 4.30. The van der Waals surface area contributed by atoms with E-state index in [2.05, 4.69) is 0 Å². The summed E-state index contributed by atoms with van der Waals surface area (Å²) in [7, 11) is 0. The summed E-state index contributed by atoms with van der Waals surface area (Å²) < 4.78 is 9.80. The Hall–Kier alpha value is -0.610. The first-order valence-corrected chi connectivity index (χ1v) is 2.80. The Labute approximate surface area is 53.4 Å². The highest BCUT2D eigenvalue weighted by atomic mass is 16.7. The normalized spacial score (nSPS) is 21.8. The third-order valence-corrected chi connectivity index (χ3v) is 1.24. The zero-order valence-electron chi connectivity index (χ0n) is 5.09. The summed E-state index contributed by atoms with van der Waals surface area (Å²) in [5.41, 5.74) is 5.19. The van der Waals surface area contributed by atoms with E-state index >= 15 is 0 Å². The number of hydrogen-bond donors (Lipinski definition) is 2. The van der Waals surface area contributed by atoms with Crippen LogP contribution in [0.1, 0.15) is 0 Å². The lowest BCUT2D eigenvalue weighted by Gasteiger charge is -2.20. The van der Waals surface area contributed by atoms with Crippen molar-refractivity contribution in [1.29, 1.82) is 5.41 Å². The molecule has 4 heteroatoms. The third kappa shape index (κ3) is 1.65. The number of ether oxygens (including phenoxy) is 2. The number of hydrogen-bond acceptors (Lipinski definition) is 3. The Kier molecular flexibility index (Phi) is 2.02. The van der Waals surface area contributed by atoms with E-state index < -0.39 is 0 Å². The molecule has 0 radical (unpaired) electrons. The van der Waals surface area contributed by atoms with Crippen molar-refractivity contribution in [2.45, 2.75) is 0 Å². The smallest absolute Gasteiger partial charge is 0.146 e. The van der Waals surface area contributed by atoms with E-state index in [9.17, 15) is 0 Å². The summed E-state index contributed by atoms with van der Waals surface area (Å²) in [6, 6.07) is 0. The molecule has 1 aliphatic rings. The lowest BCUT2D eigenvalue weighted by Crippen LogP contribution is -2.34. The molecule has 0 aromatic rings. The van der Waals surface area contributed by atoms with Crippen molar-refractivity contribution in [3.05, 3.63) is 0 Å². The highest BCUT2D eigenvalue weighted by Crippen LogP contribution is 2.03. The quantitative estimate of drug-likeness (QED) is 0.373. The summed E-state index contributed by atoms with van der Waals surface area (Å²) in [6.45, 7) is 1.38. The number of amidine groups is 1. The maximum absolute atomic E-state index is 7.01. The number of nitrogens with two attached hydrogens (primary N) is 1. The molecule has 0 atom stereocenters. The second kappa shape index (κ2) is 2.80. The van der Waals surface area contributed by atoms with Gasteiger partial charge in [-0.15, -0.1) is 0 Å². The molecule has 9 heavy (non-hydrogen) atoms. The van der Waals surface area contributed by atoms with E-state index in [1.54, 1.807) is 0 Å². The van der Waals surface area contributed by atoms with Crippen molar-refractivity contribution in [2.24, 2.45) is 11.7 Å². The summed E-state index contributed by atoms with van der Waals surface area (Å²) in [5, 5.41) is 7.01. The second-order valence-corrected chi connectivity index (χ2v) is 2.01. The van der Waals surface area contributed by atoms with Crippen molar-refractivity contribution >= 4 is 5.84 Å². The maximum atomic E-state index is 7.01. The molecule has 52 valence electrons. The van der Waals surface area contributed by atoms with Crippen LogP contribution in [0, 0.1) is 11.3 Å². The van der Waals surface area contributed by atoms with Crippen LogP contribution in [0.25, 0.3) is 0 Å². The fraction of sp³-hybridized carbons (Fsp3) is 0.800. The van der Waals surface area contributed by atoms with Gasteiger partial charge in [-0.25, -0.2) is 0 Å². The zero-order chi connectivity index (χ0) is 6.69. The predicted molar refractivity (Wildman–Crippen MR) is 32.2 cm³/mol. The monoisotopic (exact) mass is 130 g/mol. The molecule has 0 unspecified atom stereocenters. The number of rotatable bonds is 1. The SMILES string of the molecule is N=C(N)C1COCOC1. The highest BCUT2D eigenvalue weighted by Gasteiger charge is 2.16. The van der Waals surface area contributed by atoms with Crippen molar-refractivity contribution < 1.29 is 9.47 Å². The van der Waals surface area contributed by atoms with E-state index in [0.717, 1.165) is 0 Å². The molecule has 1 saturated heterocycles. The summed E-state index contributed by atoms with van der Waals surface area (Å²) >= 11 is 0. The molecule has 4 nitrogen and oxygen atoms in total. The van der Waals surface area contributed by atoms with Crippen LogP contribution in [-0.2, 0) is 9.47 Å². The average Bonchev–Trinajstić information content (AvgIpc) is 1.90. The van der Waals surface area contributed by atoms with E-state index in [4.69, 9.17) is 20.6 Å². The second-order valence-electron chi connectivity index (χ2n) is 2.01. The molecular weight excluding hydrogens is 120 g/mol. The molecular formula is C5H10N2O2. The lowest BCUT2D eigenvalue weighted by molar-refractivity contribution is -0.111. The Morgan fingerprint density at radius 3 is 2.33 bits per heavy atom. The summed E-state index contributed by atoms with van der Waals surface area (Å²) in [4.78, 5) is 0. The van der Waals surface area contributed by atoms with Gasteiger partial charge in [0.2, 0.25) is 0 Å².